The Kier molecular flexibility index (Phi) is 3.42. The lowest BCUT2D eigenvalue weighted by molar-refractivity contribution is -0.276. The molecule has 17 heavy (non-hydrogen) atoms. The third kappa shape index (κ3) is 3.62. The van der Waals surface area contributed by atoms with E-state index < -0.39 is 35.0 Å². The van der Waals surface area contributed by atoms with Crippen LogP contribution in [0.1, 0.15) is 5.69 Å². The number of hydrogen-bond acceptors (Lipinski definition) is 2. The van der Waals surface area contributed by atoms with Crippen molar-refractivity contribution < 1.29 is 35.5 Å². The largest absolute Gasteiger partial charge is 0.574 e. The number of pyridine rings is 1. The van der Waals surface area contributed by atoms with Crippen molar-refractivity contribution in [3.63, 3.8) is 0 Å². The minimum atomic E-state index is -5.33. The van der Waals surface area contributed by atoms with Crippen LogP contribution >= 0.6 is 11.6 Å². The number of hydrogen-bond donors (Lipinski definition) is 0. The van der Waals surface area contributed by atoms with Gasteiger partial charge in [-0.3, -0.25) is 0 Å². The summed E-state index contributed by atoms with van der Waals surface area (Å²) in [6, 6.07) is -0.133. The summed E-state index contributed by atoms with van der Waals surface area (Å²) in [7, 11) is 0. The average molecular weight is 284 g/mol. The molecule has 0 spiro atoms. The number of rotatable bonds is 1. The molecule has 0 radical (unpaired) electrons. The van der Waals surface area contributed by atoms with Gasteiger partial charge in [-0.05, 0) is 0 Å². The maximum absolute atomic E-state index is 12.8. The Morgan fingerprint density at radius 2 is 1.65 bits per heavy atom. The van der Waals surface area contributed by atoms with E-state index >= 15 is 0 Å². The lowest BCUT2D eigenvalue weighted by Gasteiger charge is -2.12. The predicted molar refractivity (Wildman–Crippen MR) is 40.9 cm³/mol. The summed E-state index contributed by atoms with van der Waals surface area (Å²) < 4.78 is 87.5. The number of nitrogens with zero attached hydrogens (tertiary/aromatic N) is 1. The van der Waals surface area contributed by atoms with Crippen molar-refractivity contribution in [2.45, 2.75) is 12.5 Å². The zero-order valence-corrected chi connectivity index (χ0v) is 8.21. The van der Waals surface area contributed by atoms with Gasteiger partial charge in [-0.25, -0.2) is 9.37 Å². The van der Waals surface area contributed by atoms with Gasteiger partial charge in [0.25, 0.3) is 0 Å². The molecule has 0 bridgehead atoms. The summed E-state index contributed by atoms with van der Waals surface area (Å²) in [5.74, 6) is -3.40. The van der Waals surface area contributed by atoms with Crippen molar-refractivity contribution in [2.24, 2.45) is 0 Å². The molecular weight excluding hydrogens is 283 g/mol. The number of ether oxygens (including phenoxy) is 1. The molecule has 0 aliphatic rings. The van der Waals surface area contributed by atoms with Crippen LogP contribution in [0.3, 0.4) is 0 Å². The first kappa shape index (κ1) is 13.8. The molecule has 0 saturated heterocycles. The highest BCUT2D eigenvalue weighted by molar-refractivity contribution is 6.32. The molecule has 1 aromatic rings. The van der Waals surface area contributed by atoms with E-state index in [-0.39, 0.29) is 6.07 Å². The minimum Gasteiger partial charge on any atom is -0.386 e. The molecule has 0 aromatic carbocycles. The van der Waals surface area contributed by atoms with Crippen molar-refractivity contribution in [3.05, 3.63) is 22.6 Å². The van der Waals surface area contributed by atoms with E-state index in [0.29, 0.717) is 0 Å². The third-order valence-electron chi connectivity index (χ3n) is 1.39. The van der Waals surface area contributed by atoms with Crippen LogP contribution in [0.15, 0.2) is 6.07 Å². The predicted octanol–water partition coefficient (Wildman–Crippen LogP) is 3.79. The second kappa shape index (κ2) is 4.21. The van der Waals surface area contributed by atoms with Crippen LogP contribution in [0.25, 0.3) is 0 Å². The highest BCUT2D eigenvalue weighted by Crippen LogP contribution is 2.35. The van der Waals surface area contributed by atoms with Gasteiger partial charge in [0.05, 0.1) is 0 Å². The normalized spacial score (nSPS) is 12.7. The smallest absolute Gasteiger partial charge is 0.386 e. The van der Waals surface area contributed by atoms with Crippen molar-refractivity contribution in [1.82, 2.24) is 4.98 Å². The summed E-state index contributed by atoms with van der Waals surface area (Å²) in [4.78, 5) is 2.45. The fraction of sp³-hybridized carbons (Fsp3) is 0.286. The second-order valence-corrected chi connectivity index (χ2v) is 3.03. The van der Waals surface area contributed by atoms with Crippen molar-refractivity contribution in [3.8, 4) is 5.88 Å². The fourth-order valence-electron chi connectivity index (χ4n) is 0.799. The van der Waals surface area contributed by atoms with E-state index in [0.717, 1.165) is 0 Å². The fourth-order valence-corrected chi connectivity index (χ4v) is 0.934. The van der Waals surface area contributed by atoms with E-state index in [1.807, 2.05) is 0 Å². The maximum Gasteiger partial charge on any atom is 0.574 e. The van der Waals surface area contributed by atoms with E-state index in [9.17, 15) is 30.7 Å². The molecular formula is C7HClF7NO. The van der Waals surface area contributed by atoms with Gasteiger partial charge in [0, 0.05) is 6.07 Å². The van der Waals surface area contributed by atoms with Crippen LogP contribution in [0.4, 0.5) is 30.7 Å². The molecule has 2 nitrogen and oxygen atoms in total. The van der Waals surface area contributed by atoms with Gasteiger partial charge in [-0.15, -0.1) is 13.2 Å². The molecule has 0 fully saturated rings. The quantitative estimate of drug-likeness (QED) is 0.732. The van der Waals surface area contributed by atoms with E-state index in [1.54, 1.807) is 0 Å². The van der Waals surface area contributed by atoms with Crippen molar-refractivity contribution >= 4 is 11.6 Å². The van der Waals surface area contributed by atoms with Crippen LogP contribution < -0.4 is 4.74 Å². The highest BCUT2D eigenvalue weighted by atomic mass is 35.5. The van der Waals surface area contributed by atoms with Gasteiger partial charge in [0.15, 0.2) is 5.69 Å². The van der Waals surface area contributed by atoms with Crippen LogP contribution in [-0.2, 0) is 6.18 Å². The van der Waals surface area contributed by atoms with Gasteiger partial charge in [0.2, 0.25) is 5.88 Å². The molecule has 0 amide bonds. The van der Waals surface area contributed by atoms with Crippen molar-refractivity contribution in [2.75, 3.05) is 0 Å². The molecule has 0 saturated carbocycles. The van der Waals surface area contributed by atoms with Crippen LogP contribution in [-0.4, -0.2) is 11.3 Å². The minimum absolute atomic E-state index is 0.133. The SMILES string of the molecule is Fc1cc(C(F)(F)F)nc(OC(F)(F)F)c1Cl. The number of alkyl halides is 6. The molecule has 96 valence electrons. The zero-order chi connectivity index (χ0) is 13.4. The van der Waals surface area contributed by atoms with Crippen LogP contribution in [0.2, 0.25) is 5.02 Å². The van der Waals surface area contributed by atoms with Gasteiger partial charge in [0.1, 0.15) is 10.8 Å². The first-order valence-electron chi connectivity index (χ1n) is 3.69. The van der Waals surface area contributed by atoms with E-state index in [2.05, 4.69) is 9.72 Å². The van der Waals surface area contributed by atoms with Crippen LogP contribution in [0, 0.1) is 5.82 Å². The van der Waals surface area contributed by atoms with Gasteiger partial charge >= 0.3 is 12.5 Å². The first-order valence-corrected chi connectivity index (χ1v) is 4.07. The lowest BCUT2D eigenvalue weighted by Crippen LogP contribution is -2.20. The van der Waals surface area contributed by atoms with Gasteiger partial charge < -0.3 is 4.74 Å². The number of halogens is 8. The Bertz CT molecular complexity index is 427. The molecule has 0 unspecified atom stereocenters. The third-order valence-corrected chi connectivity index (χ3v) is 1.73. The molecule has 0 N–H and O–H groups in total. The lowest BCUT2D eigenvalue weighted by atomic mass is 10.3. The standard InChI is InChI=1S/C7HClF7NO/c8-4-2(9)1-3(6(10,11)12)16-5(4)17-7(13,14)15/h1H. The Hall–Kier alpha value is -1.25. The molecule has 1 aromatic heterocycles. The molecule has 0 aliphatic carbocycles. The summed E-state index contributed by atoms with van der Waals surface area (Å²) in [5, 5.41) is -1.28. The molecule has 0 atom stereocenters. The van der Waals surface area contributed by atoms with E-state index in [1.165, 1.54) is 0 Å². The Balaban J connectivity index is 3.26. The topological polar surface area (TPSA) is 22.1 Å². The van der Waals surface area contributed by atoms with Gasteiger partial charge in [-0.1, -0.05) is 11.6 Å². The zero-order valence-electron chi connectivity index (χ0n) is 7.46. The van der Waals surface area contributed by atoms with Crippen LogP contribution in [0.5, 0.6) is 5.88 Å². The van der Waals surface area contributed by atoms with Crippen molar-refractivity contribution in [1.29, 1.82) is 0 Å². The molecule has 0 aliphatic heterocycles. The summed E-state index contributed by atoms with van der Waals surface area (Å²) in [6.07, 6.45) is -10.4. The molecule has 1 heterocycles. The Morgan fingerprint density at radius 1 is 1.12 bits per heavy atom. The summed E-state index contributed by atoms with van der Waals surface area (Å²) >= 11 is 4.99. The van der Waals surface area contributed by atoms with Gasteiger partial charge in [-0.2, -0.15) is 13.2 Å². The monoisotopic (exact) mass is 283 g/mol. The molecule has 1 rings (SSSR count). The Morgan fingerprint density at radius 3 is 2.06 bits per heavy atom. The summed E-state index contributed by atoms with van der Waals surface area (Å²) in [6.45, 7) is 0. The second-order valence-electron chi connectivity index (χ2n) is 2.65. The van der Waals surface area contributed by atoms with E-state index in [4.69, 9.17) is 11.6 Å². The molecule has 10 heteroatoms. The Labute approximate surface area is 94.0 Å². The summed E-state index contributed by atoms with van der Waals surface area (Å²) in [5.41, 5.74) is -1.88. The number of aromatic nitrogens is 1. The highest BCUT2D eigenvalue weighted by Gasteiger charge is 2.38. The first-order chi connectivity index (χ1) is 7.50. The average Bonchev–Trinajstić information content (AvgIpc) is 2.08. The maximum atomic E-state index is 12.8.